The summed E-state index contributed by atoms with van der Waals surface area (Å²) in [6.07, 6.45) is -4.35. The van der Waals surface area contributed by atoms with Crippen molar-refractivity contribution in [1.29, 1.82) is 0 Å². The van der Waals surface area contributed by atoms with Gasteiger partial charge in [0.15, 0.2) is 0 Å². The molecule has 0 bridgehead atoms. The van der Waals surface area contributed by atoms with Crippen molar-refractivity contribution in [2.24, 2.45) is 5.73 Å². The van der Waals surface area contributed by atoms with Crippen LogP contribution in [-0.2, 0) is 6.18 Å². The van der Waals surface area contributed by atoms with E-state index in [0.717, 1.165) is 22.2 Å². The molecule has 0 spiro atoms. The number of hydrogen-bond donors (Lipinski definition) is 1. The maximum Gasteiger partial charge on any atom is 0.416 e. The maximum absolute atomic E-state index is 12.6. The third-order valence-corrected chi connectivity index (χ3v) is 3.27. The minimum atomic E-state index is -4.35. The second-order valence-corrected chi connectivity index (χ2v) is 5.07. The van der Waals surface area contributed by atoms with Crippen LogP contribution in [0.5, 0.6) is 0 Å². The highest BCUT2D eigenvalue weighted by Gasteiger charge is 2.30. The summed E-state index contributed by atoms with van der Waals surface area (Å²) in [6.45, 7) is 0. The molecule has 2 rings (SSSR count). The Balaban J connectivity index is 2.37. The Morgan fingerprint density at radius 1 is 0.947 bits per heavy atom. The van der Waals surface area contributed by atoms with E-state index in [1.54, 1.807) is 24.3 Å². The third-order valence-electron chi connectivity index (χ3n) is 2.78. The van der Waals surface area contributed by atoms with E-state index in [-0.39, 0.29) is 0 Å². The smallest absolute Gasteiger partial charge is 0.320 e. The van der Waals surface area contributed by atoms with Crippen LogP contribution in [0.3, 0.4) is 0 Å². The summed E-state index contributed by atoms with van der Waals surface area (Å²) in [7, 11) is 0. The first kappa shape index (κ1) is 14.1. The lowest BCUT2D eigenvalue weighted by Crippen LogP contribution is -2.13. The van der Waals surface area contributed by atoms with Crippen molar-refractivity contribution in [3.63, 3.8) is 0 Å². The zero-order chi connectivity index (χ0) is 14.0. The number of benzene rings is 2. The molecular formula is C14H11BrF3N. The Morgan fingerprint density at radius 2 is 1.53 bits per heavy atom. The fraction of sp³-hybridized carbons (Fsp3) is 0.143. The van der Waals surface area contributed by atoms with Crippen molar-refractivity contribution in [3.8, 4) is 0 Å². The molecule has 1 atom stereocenters. The Hall–Kier alpha value is -1.33. The van der Waals surface area contributed by atoms with Crippen molar-refractivity contribution < 1.29 is 13.2 Å². The average molecular weight is 330 g/mol. The SMILES string of the molecule is NC(c1cccc(Br)c1)c1cccc(C(F)(F)F)c1. The lowest BCUT2D eigenvalue weighted by atomic mass is 9.98. The number of alkyl halides is 3. The minimum Gasteiger partial charge on any atom is -0.320 e. The molecule has 0 aliphatic carbocycles. The summed E-state index contributed by atoms with van der Waals surface area (Å²) in [4.78, 5) is 0. The summed E-state index contributed by atoms with van der Waals surface area (Å²) >= 11 is 3.31. The van der Waals surface area contributed by atoms with E-state index in [0.29, 0.717) is 5.56 Å². The van der Waals surface area contributed by atoms with Gasteiger partial charge in [0, 0.05) is 4.47 Å². The van der Waals surface area contributed by atoms with Crippen molar-refractivity contribution in [2.75, 3.05) is 0 Å². The molecular weight excluding hydrogens is 319 g/mol. The predicted octanol–water partition coefficient (Wildman–Crippen LogP) is 4.52. The van der Waals surface area contributed by atoms with Crippen LogP contribution in [0.25, 0.3) is 0 Å². The van der Waals surface area contributed by atoms with Crippen molar-refractivity contribution in [2.45, 2.75) is 12.2 Å². The molecule has 5 heteroatoms. The monoisotopic (exact) mass is 329 g/mol. The van der Waals surface area contributed by atoms with Gasteiger partial charge in [0.05, 0.1) is 11.6 Å². The molecule has 1 nitrogen and oxygen atoms in total. The van der Waals surface area contributed by atoms with Crippen molar-refractivity contribution in [1.82, 2.24) is 0 Å². The summed E-state index contributed by atoms with van der Waals surface area (Å²) in [6, 6.07) is 11.7. The van der Waals surface area contributed by atoms with Gasteiger partial charge in [-0.1, -0.05) is 40.2 Å². The van der Waals surface area contributed by atoms with Gasteiger partial charge in [-0.05, 0) is 35.4 Å². The molecule has 1 unspecified atom stereocenters. The van der Waals surface area contributed by atoms with Gasteiger partial charge in [-0.3, -0.25) is 0 Å². The molecule has 0 saturated heterocycles. The fourth-order valence-corrected chi connectivity index (χ4v) is 2.22. The van der Waals surface area contributed by atoms with Gasteiger partial charge in [0.25, 0.3) is 0 Å². The van der Waals surface area contributed by atoms with E-state index >= 15 is 0 Å². The van der Waals surface area contributed by atoms with E-state index in [9.17, 15) is 13.2 Å². The van der Waals surface area contributed by atoms with E-state index in [4.69, 9.17) is 5.73 Å². The molecule has 0 amide bonds. The summed E-state index contributed by atoms with van der Waals surface area (Å²) in [5.74, 6) is 0. The van der Waals surface area contributed by atoms with Gasteiger partial charge in [0.1, 0.15) is 0 Å². The molecule has 0 heterocycles. The molecule has 0 saturated carbocycles. The minimum absolute atomic E-state index is 0.438. The van der Waals surface area contributed by atoms with Gasteiger partial charge in [-0.25, -0.2) is 0 Å². The van der Waals surface area contributed by atoms with Gasteiger partial charge in [-0.15, -0.1) is 0 Å². The van der Waals surface area contributed by atoms with Crippen molar-refractivity contribution >= 4 is 15.9 Å². The topological polar surface area (TPSA) is 26.0 Å². The quantitative estimate of drug-likeness (QED) is 0.861. The maximum atomic E-state index is 12.6. The zero-order valence-electron chi connectivity index (χ0n) is 9.79. The van der Waals surface area contributed by atoms with Crippen LogP contribution in [0, 0.1) is 0 Å². The van der Waals surface area contributed by atoms with Gasteiger partial charge >= 0.3 is 6.18 Å². The normalized spacial score (nSPS) is 13.3. The number of nitrogens with two attached hydrogens (primary N) is 1. The van der Waals surface area contributed by atoms with Crippen LogP contribution >= 0.6 is 15.9 Å². The van der Waals surface area contributed by atoms with Crippen LogP contribution < -0.4 is 5.73 Å². The van der Waals surface area contributed by atoms with E-state index in [2.05, 4.69) is 15.9 Å². The molecule has 0 aliphatic heterocycles. The number of halogens is 4. The summed E-state index contributed by atoms with van der Waals surface area (Å²) in [5.41, 5.74) is 6.52. The highest BCUT2D eigenvalue weighted by atomic mass is 79.9. The lowest BCUT2D eigenvalue weighted by molar-refractivity contribution is -0.137. The van der Waals surface area contributed by atoms with Gasteiger partial charge in [0.2, 0.25) is 0 Å². The highest BCUT2D eigenvalue weighted by molar-refractivity contribution is 9.10. The highest BCUT2D eigenvalue weighted by Crippen LogP contribution is 2.31. The predicted molar refractivity (Wildman–Crippen MR) is 71.6 cm³/mol. The van der Waals surface area contributed by atoms with Crippen LogP contribution in [0.2, 0.25) is 0 Å². The number of hydrogen-bond acceptors (Lipinski definition) is 1. The standard InChI is InChI=1S/C14H11BrF3N/c15-12-6-2-4-10(8-12)13(19)9-3-1-5-11(7-9)14(16,17)18/h1-8,13H,19H2. The molecule has 19 heavy (non-hydrogen) atoms. The molecule has 100 valence electrons. The largest absolute Gasteiger partial charge is 0.416 e. The van der Waals surface area contributed by atoms with Crippen molar-refractivity contribution in [3.05, 3.63) is 69.7 Å². The Bertz CT molecular complexity index is 581. The van der Waals surface area contributed by atoms with Crippen LogP contribution in [0.15, 0.2) is 53.0 Å². The second kappa shape index (κ2) is 5.35. The summed E-state index contributed by atoms with van der Waals surface area (Å²) in [5, 5.41) is 0. The van der Waals surface area contributed by atoms with Crippen LogP contribution in [0.1, 0.15) is 22.7 Å². The van der Waals surface area contributed by atoms with E-state index in [1.807, 2.05) is 6.07 Å². The third kappa shape index (κ3) is 3.36. The molecule has 0 fully saturated rings. The zero-order valence-corrected chi connectivity index (χ0v) is 11.4. The number of rotatable bonds is 2. The first-order valence-electron chi connectivity index (χ1n) is 5.56. The fourth-order valence-electron chi connectivity index (χ4n) is 1.80. The second-order valence-electron chi connectivity index (χ2n) is 4.16. The molecule has 0 aliphatic rings. The van der Waals surface area contributed by atoms with Gasteiger partial charge < -0.3 is 5.73 Å². The lowest BCUT2D eigenvalue weighted by Gasteiger charge is -2.15. The van der Waals surface area contributed by atoms with Crippen LogP contribution in [-0.4, -0.2) is 0 Å². The molecule has 2 aromatic rings. The summed E-state index contributed by atoms with van der Waals surface area (Å²) < 4.78 is 38.8. The molecule has 2 N–H and O–H groups in total. The Morgan fingerprint density at radius 3 is 2.11 bits per heavy atom. The van der Waals surface area contributed by atoms with E-state index in [1.165, 1.54) is 6.07 Å². The van der Waals surface area contributed by atoms with Gasteiger partial charge in [-0.2, -0.15) is 13.2 Å². The molecule has 2 aromatic carbocycles. The first-order valence-corrected chi connectivity index (χ1v) is 6.35. The van der Waals surface area contributed by atoms with E-state index < -0.39 is 17.8 Å². The molecule has 0 aromatic heterocycles. The average Bonchev–Trinajstić information content (AvgIpc) is 2.37. The first-order chi connectivity index (χ1) is 8.88. The Labute approximate surface area is 117 Å². The molecule has 0 radical (unpaired) electrons. The Kier molecular flexibility index (Phi) is 3.96. The van der Waals surface area contributed by atoms with Crippen LogP contribution in [0.4, 0.5) is 13.2 Å².